The molecule has 1 aromatic rings. The first-order valence-electron chi connectivity index (χ1n) is 14.9. The summed E-state index contributed by atoms with van der Waals surface area (Å²) < 4.78 is 0. The van der Waals surface area contributed by atoms with Crippen LogP contribution in [-0.4, -0.2) is 45.8 Å². The summed E-state index contributed by atoms with van der Waals surface area (Å²) >= 11 is 0. The monoisotopic (exact) mass is 535 g/mol. The van der Waals surface area contributed by atoms with E-state index in [-0.39, 0.29) is 46.7 Å². The molecule has 0 heterocycles. The van der Waals surface area contributed by atoms with Gasteiger partial charge in [0.2, 0.25) is 5.91 Å². The summed E-state index contributed by atoms with van der Waals surface area (Å²) in [5.74, 6) is 1.55. The number of carbonyl (C=O) groups is 1. The Hall–Kier alpha value is -2.27. The minimum absolute atomic E-state index is 0.0749. The predicted octanol–water partition coefficient (Wildman–Crippen LogP) is 4.39. The highest BCUT2D eigenvalue weighted by molar-refractivity contribution is 5.82. The highest BCUT2D eigenvalue weighted by Gasteiger charge is 2.65. The molecule has 0 aromatic heterocycles. The number of amides is 1. The highest BCUT2D eigenvalue weighted by atomic mass is 16.3. The third-order valence-electron chi connectivity index (χ3n) is 11.8. The number of aliphatic hydroxyl groups excluding tert-OH is 3. The van der Waals surface area contributed by atoms with Gasteiger partial charge in [-0.3, -0.25) is 4.79 Å². The van der Waals surface area contributed by atoms with Gasteiger partial charge < -0.3 is 15.3 Å². The van der Waals surface area contributed by atoms with E-state index in [1.807, 2.05) is 0 Å². The van der Waals surface area contributed by atoms with Gasteiger partial charge in [-0.15, -0.1) is 0 Å². The lowest BCUT2D eigenvalue weighted by Crippen LogP contribution is -2.62. The van der Waals surface area contributed by atoms with Gasteiger partial charge in [-0.25, -0.2) is 5.43 Å². The molecule has 4 N–H and O–H groups in total. The second kappa shape index (κ2) is 11.0. The average Bonchev–Trinajstić information content (AvgIpc) is 3.28. The largest absolute Gasteiger partial charge is 0.393 e. The zero-order valence-electron chi connectivity index (χ0n) is 23.6. The third-order valence-corrected chi connectivity index (χ3v) is 11.8. The van der Waals surface area contributed by atoms with E-state index in [2.05, 4.69) is 37.4 Å². The van der Waals surface area contributed by atoms with Crippen LogP contribution >= 0.6 is 0 Å². The van der Waals surface area contributed by atoms with Gasteiger partial charge in [0.05, 0.1) is 36.2 Å². The lowest BCUT2D eigenvalue weighted by Gasteiger charge is -2.63. The van der Waals surface area contributed by atoms with Crippen LogP contribution < -0.4 is 5.43 Å². The van der Waals surface area contributed by atoms with Crippen molar-refractivity contribution in [3.05, 3.63) is 35.4 Å². The van der Waals surface area contributed by atoms with Crippen molar-refractivity contribution in [1.29, 1.82) is 5.26 Å². The number of nitriles is 1. The van der Waals surface area contributed by atoms with Crippen molar-refractivity contribution in [2.75, 3.05) is 0 Å². The van der Waals surface area contributed by atoms with Gasteiger partial charge in [0.25, 0.3) is 0 Å². The van der Waals surface area contributed by atoms with Crippen LogP contribution in [0.1, 0.15) is 89.7 Å². The lowest BCUT2D eigenvalue weighted by atomic mass is 9.43. The van der Waals surface area contributed by atoms with Crippen molar-refractivity contribution >= 4 is 12.1 Å². The number of nitrogens with one attached hydrogen (secondary N) is 1. The van der Waals surface area contributed by atoms with E-state index < -0.39 is 6.10 Å². The summed E-state index contributed by atoms with van der Waals surface area (Å²) in [6.45, 7) is 6.82. The first-order chi connectivity index (χ1) is 18.6. The molecule has 0 bridgehead atoms. The molecular weight excluding hydrogens is 490 g/mol. The summed E-state index contributed by atoms with van der Waals surface area (Å²) in [4.78, 5) is 12.5. The Labute approximate surface area is 232 Å². The van der Waals surface area contributed by atoms with Crippen LogP contribution in [0.2, 0.25) is 0 Å². The van der Waals surface area contributed by atoms with Gasteiger partial charge >= 0.3 is 0 Å². The summed E-state index contributed by atoms with van der Waals surface area (Å²) in [5, 5.41) is 46.5. The Morgan fingerprint density at radius 1 is 1.13 bits per heavy atom. The van der Waals surface area contributed by atoms with E-state index in [1.165, 1.54) is 0 Å². The predicted molar refractivity (Wildman–Crippen MR) is 149 cm³/mol. The van der Waals surface area contributed by atoms with Crippen LogP contribution in [0.3, 0.4) is 0 Å². The van der Waals surface area contributed by atoms with Gasteiger partial charge in [0.15, 0.2) is 0 Å². The molecule has 212 valence electrons. The molecule has 5 rings (SSSR count). The van der Waals surface area contributed by atoms with Crippen LogP contribution in [0.15, 0.2) is 29.4 Å². The van der Waals surface area contributed by atoms with E-state index in [4.69, 9.17) is 5.26 Å². The number of rotatable bonds is 6. The number of carbonyl (C=O) groups excluding carboxylic acids is 1. The van der Waals surface area contributed by atoms with E-state index >= 15 is 0 Å². The van der Waals surface area contributed by atoms with Crippen molar-refractivity contribution < 1.29 is 20.1 Å². The third kappa shape index (κ3) is 5.05. The fourth-order valence-corrected chi connectivity index (χ4v) is 9.57. The standard InChI is InChI=1S/C32H45N3O4/c1-19(4-11-29(39)35-34-18-21-7-5-20(17-33)6-8-21)24-9-10-25-30-26(16-28(38)32(24,25)3)31(2)13-12-23(36)14-22(31)15-27(30)37/h5-8,18-19,22-28,30,36-38H,4,9-16H2,1-3H3,(H,35,39)/b34-18+/t19-,22+,23-,24-,25+,26+,27-,28+,30+,31+,32-/m1/s1. The normalized spacial score (nSPS) is 42.2. The van der Waals surface area contributed by atoms with Crippen molar-refractivity contribution in [2.24, 2.45) is 51.4 Å². The molecule has 4 aliphatic rings. The second-order valence-electron chi connectivity index (χ2n) is 13.6. The van der Waals surface area contributed by atoms with Crippen molar-refractivity contribution in [2.45, 2.75) is 96.9 Å². The number of hydrazone groups is 1. The number of aliphatic hydroxyl groups is 3. The topological polar surface area (TPSA) is 126 Å². The highest BCUT2D eigenvalue weighted by Crippen LogP contribution is 2.68. The van der Waals surface area contributed by atoms with Gasteiger partial charge in [0.1, 0.15) is 0 Å². The zero-order valence-corrected chi connectivity index (χ0v) is 23.6. The molecule has 1 amide bonds. The molecule has 4 fully saturated rings. The molecular formula is C32H45N3O4. The first-order valence-corrected chi connectivity index (χ1v) is 14.9. The minimum Gasteiger partial charge on any atom is -0.393 e. The van der Waals surface area contributed by atoms with Crippen LogP contribution in [0, 0.1) is 57.7 Å². The molecule has 4 aliphatic carbocycles. The maximum Gasteiger partial charge on any atom is 0.240 e. The number of hydrogen-bond donors (Lipinski definition) is 4. The quantitative estimate of drug-likeness (QED) is 0.318. The zero-order chi connectivity index (χ0) is 27.9. The van der Waals surface area contributed by atoms with Crippen LogP contribution in [0.25, 0.3) is 0 Å². The number of benzene rings is 1. The Morgan fingerprint density at radius 3 is 2.59 bits per heavy atom. The first kappa shape index (κ1) is 28.3. The minimum atomic E-state index is -0.417. The van der Waals surface area contributed by atoms with Gasteiger partial charge in [-0.1, -0.05) is 32.9 Å². The Kier molecular flexibility index (Phi) is 7.94. The molecule has 39 heavy (non-hydrogen) atoms. The van der Waals surface area contributed by atoms with Crippen LogP contribution in [0.5, 0.6) is 0 Å². The Morgan fingerprint density at radius 2 is 1.87 bits per heavy atom. The average molecular weight is 536 g/mol. The number of hydrogen-bond acceptors (Lipinski definition) is 6. The molecule has 0 saturated heterocycles. The van der Waals surface area contributed by atoms with Crippen LogP contribution in [-0.2, 0) is 4.79 Å². The molecule has 4 saturated carbocycles. The summed E-state index contributed by atoms with van der Waals surface area (Å²) in [7, 11) is 0. The molecule has 1 aromatic carbocycles. The van der Waals surface area contributed by atoms with Gasteiger partial charge in [-0.05, 0) is 115 Å². The summed E-state index contributed by atoms with van der Waals surface area (Å²) in [5.41, 5.74) is 3.83. The molecule has 7 heteroatoms. The van der Waals surface area contributed by atoms with Crippen molar-refractivity contribution in [1.82, 2.24) is 5.43 Å². The molecule has 0 spiro atoms. The van der Waals surface area contributed by atoms with Crippen molar-refractivity contribution in [3.63, 3.8) is 0 Å². The van der Waals surface area contributed by atoms with E-state index in [1.54, 1.807) is 30.5 Å². The molecule has 0 unspecified atom stereocenters. The van der Waals surface area contributed by atoms with E-state index in [0.29, 0.717) is 29.7 Å². The van der Waals surface area contributed by atoms with Crippen molar-refractivity contribution in [3.8, 4) is 6.07 Å². The maximum absolute atomic E-state index is 12.5. The number of fused-ring (bicyclic) bond motifs is 5. The smallest absolute Gasteiger partial charge is 0.240 e. The lowest BCUT2D eigenvalue weighted by molar-refractivity contribution is -0.207. The molecule has 11 atom stereocenters. The van der Waals surface area contributed by atoms with Gasteiger partial charge in [-0.2, -0.15) is 10.4 Å². The molecule has 0 radical (unpaired) electrons. The summed E-state index contributed by atoms with van der Waals surface area (Å²) in [6.07, 6.45) is 7.73. The maximum atomic E-state index is 12.5. The summed E-state index contributed by atoms with van der Waals surface area (Å²) in [6, 6.07) is 9.08. The van der Waals surface area contributed by atoms with E-state index in [0.717, 1.165) is 56.9 Å². The molecule has 0 aliphatic heterocycles. The van der Waals surface area contributed by atoms with Gasteiger partial charge in [0, 0.05) is 6.42 Å². The Bertz CT molecular complexity index is 1120. The second-order valence-corrected chi connectivity index (χ2v) is 13.6. The SMILES string of the molecule is C[C@H](CCC(=O)N/N=C/c1ccc(C#N)cc1)[C@H]1CC[C@H]2[C@@H]3[C@H](O)C[C@@H]4C[C@H](O)CC[C@]4(C)[C@H]3C[C@H](O)[C@]12C. The fraction of sp³-hybridized carbons (Fsp3) is 0.719. The Balaban J connectivity index is 1.21. The van der Waals surface area contributed by atoms with Crippen LogP contribution in [0.4, 0.5) is 0 Å². The molecule has 7 nitrogen and oxygen atoms in total. The fourth-order valence-electron chi connectivity index (χ4n) is 9.57. The number of nitrogens with zero attached hydrogens (tertiary/aromatic N) is 2. The van der Waals surface area contributed by atoms with E-state index in [9.17, 15) is 20.1 Å².